The first kappa shape index (κ1) is 18.2. The lowest BCUT2D eigenvalue weighted by molar-refractivity contribution is -0.152. The van der Waals surface area contributed by atoms with Crippen molar-refractivity contribution in [1.82, 2.24) is 9.88 Å². The molecule has 0 aliphatic carbocycles. The third kappa shape index (κ3) is 4.04. The number of ether oxygens (including phenoxy) is 2. The molecule has 1 saturated heterocycles. The average molecular weight is 334 g/mol. The summed E-state index contributed by atoms with van der Waals surface area (Å²) in [5, 5.41) is 0. The van der Waals surface area contributed by atoms with E-state index in [4.69, 9.17) is 9.47 Å². The Morgan fingerprint density at radius 3 is 2.46 bits per heavy atom. The molecule has 2 heterocycles. The molecule has 2 rings (SSSR count). The fourth-order valence-corrected chi connectivity index (χ4v) is 2.92. The van der Waals surface area contributed by atoms with Gasteiger partial charge in [-0.15, -0.1) is 0 Å². The van der Waals surface area contributed by atoms with Crippen LogP contribution < -0.4 is 0 Å². The van der Waals surface area contributed by atoms with E-state index in [1.54, 1.807) is 24.2 Å². The predicted octanol–water partition coefficient (Wildman–Crippen LogP) is 2.91. The molecule has 1 fully saturated rings. The quantitative estimate of drug-likeness (QED) is 0.795. The summed E-state index contributed by atoms with van der Waals surface area (Å²) >= 11 is 0. The SMILES string of the molecule is CCOC(=O)C1(c2cccnc2)CCN(C(=O)OC(C)(C)C)CC1. The molecular formula is C18H26N2O4. The van der Waals surface area contributed by atoms with Crippen molar-refractivity contribution >= 4 is 12.1 Å². The number of pyridine rings is 1. The van der Waals surface area contributed by atoms with Crippen molar-refractivity contribution in [3.05, 3.63) is 30.1 Å². The van der Waals surface area contributed by atoms with Gasteiger partial charge in [-0.1, -0.05) is 6.07 Å². The third-order valence-corrected chi connectivity index (χ3v) is 4.15. The van der Waals surface area contributed by atoms with Crippen LogP contribution in [-0.2, 0) is 19.7 Å². The van der Waals surface area contributed by atoms with Crippen molar-refractivity contribution in [3.63, 3.8) is 0 Å². The smallest absolute Gasteiger partial charge is 0.410 e. The molecular weight excluding hydrogens is 308 g/mol. The second kappa shape index (κ2) is 7.20. The van der Waals surface area contributed by atoms with E-state index in [-0.39, 0.29) is 12.1 Å². The second-order valence-corrected chi connectivity index (χ2v) is 7.01. The molecule has 0 aromatic carbocycles. The zero-order valence-electron chi connectivity index (χ0n) is 14.9. The van der Waals surface area contributed by atoms with Crippen LogP contribution in [0.1, 0.15) is 46.1 Å². The number of piperidine rings is 1. The molecule has 0 unspecified atom stereocenters. The molecule has 1 aromatic heterocycles. The maximum Gasteiger partial charge on any atom is 0.410 e. The highest BCUT2D eigenvalue weighted by molar-refractivity contribution is 5.83. The van der Waals surface area contributed by atoms with E-state index in [9.17, 15) is 9.59 Å². The van der Waals surface area contributed by atoms with Crippen LogP contribution in [0.5, 0.6) is 0 Å². The van der Waals surface area contributed by atoms with Gasteiger partial charge in [0.2, 0.25) is 0 Å². The van der Waals surface area contributed by atoms with Crippen LogP contribution >= 0.6 is 0 Å². The minimum Gasteiger partial charge on any atom is -0.465 e. The Morgan fingerprint density at radius 1 is 1.29 bits per heavy atom. The molecule has 1 amide bonds. The highest BCUT2D eigenvalue weighted by atomic mass is 16.6. The van der Waals surface area contributed by atoms with Crippen LogP contribution in [0.4, 0.5) is 4.79 Å². The normalized spacial score (nSPS) is 17.2. The molecule has 0 radical (unpaired) electrons. The molecule has 0 atom stereocenters. The van der Waals surface area contributed by atoms with Gasteiger partial charge in [0.25, 0.3) is 0 Å². The first-order chi connectivity index (χ1) is 11.3. The van der Waals surface area contributed by atoms with Crippen molar-refractivity contribution in [2.24, 2.45) is 0 Å². The Bertz CT molecular complexity index is 572. The van der Waals surface area contributed by atoms with E-state index in [0.29, 0.717) is 32.5 Å². The molecule has 0 N–H and O–H groups in total. The number of hydrogen-bond donors (Lipinski definition) is 0. The first-order valence-corrected chi connectivity index (χ1v) is 8.34. The van der Waals surface area contributed by atoms with Gasteiger partial charge in [0, 0.05) is 25.5 Å². The van der Waals surface area contributed by atoms with Crippen molar-refractivity contribution < 1.29 is 19.1 Å². The fraction of sp³-hybridized carbons (Fsp3) is 0.611. The molecule has 1 aliphatic heterocycles. The summed E-state index contributed by atoms with van der Waals surface area (Å²) in [6.07, 6.45) is 4.04. The lowest BCUT2D eigenvalue weighted by atomic mass is 9.73. The summed E-state index contributed by atoms with van der Waals surface area (Å²) in [6, 6.07) is 3.71. The zero-order chi connectivity index (χ0) is 17.8. The van der Waals surface area contributed by atoms with Gasteiger partial charge in [-0.2, -0.15) is 0 Å². The highest BCUT2D eigenvalue weighted by Crippen LogP contribution is 2.37. The Hall–Kier alpha value is -2.11. The van der Waals surface area contributed by atoms with E-state index < -0.39 is 11.0 Å². The number of aromatic nitrogens is 1. The number of rotatable bonds is 3. The Kier molecular flexibility index (Phi) is 5.47. The zero-order valence-corrected chi connectivity index (χ0v) is 14.9. The van der Waals surface area contributed by atoms with Gasteiger partial charge in [-0.05, 0) is 52.2 Å². The lowest BCUT2D eigenvalue weighted by Crippen LogP contribution is -2.50. The van der Waals surface area contributed by atoms with Gasteiger partial charge in [-0.25, -0.2) is 4.79 Å². The Morgan fingerprint density at radius 2 is 1.96 bits per heavy atom. The van der Waals surface area contributed by atoms with E-state index in [2.05, 4.69) is 4.98 Å². The molecule has 1 aliphatic rings. The average Bonchev–Trinajstić information content (AvgIpc) is 2.54. The lowest BCUT2D eigenvalue weighted by Gasteiger charge is -2.40. The number of esters is 1. The predicted molar refractivity (Wildman–Crippen MR) is 89.6 cm³/mol. The van der Waals surface area contributed by atoms with Gasteiger partial charge < -0.3 is 14.4 Å². The summed E-state index contributed by atoms with van der Waals surface area (Å²) in [5.74, 6) is -0.248. The maximum atomic E-state index is 12.6. The molecule has 24 heavy (non-hydrogen) atoms. The van der Waals surface area contributed by atoms with Gasteiger partial charge in [0.05, 0.1) is 12.0 Å². The topological polar surface area (TPSA) is 68.7 Å². The summed E-state index contributed by atoms with van der Waals surface area (Å²) in [4.78, 5) is 30.7. The first-order valence-electron chi connectivity index (χ1n) is 8.34. The minimum absolute atomic E-state index is 0.248. The van der Waals surface area contributed by atoms with Crippen molar-refractivity contribution in [1.29, 1.82) is 0 Å². The summed E-state index contributed by atoms with van der Waals surface area (Å²) < 4.78 is 10.7. The Labute approximate surface area is 143 Å². The molecule has 0 bridgehead atoms. The van der Waals surface area contributed by atoms with Crippen LogP contribution in [-0.4, -0.2) is 47.2 Å². The van der Waals surface area contributed by atoms with Crippen molar-refractivity contribution in [3.8, 4) is 0 Å². The van der Waals surface area contributed by atoms with Crippen molar-refractivity contribution in [2.45, 2.75) is 51.6 Å². The largest absolute Gasteiger partial charge is 0.465 e. The van der Waals surface area contributed by atoms with Gasteiger partial charge in [0.15, 0.2) is 0 Å². The number of carbonyl (C=O) groups is 2. The number of amides is 1. The standard InChI is InChI=1S/C18H26N2O4/c1-5-23-15(21)18(14-7-6-10-19-13-14)8-11-20(12-9-18)16(22)24-17(2,3)4/h6-7,10,13H,5,8-9,11-12H2,1-4H3. The minimum atomic E-state index is -0.747. The molecule has 0 spiro atoms. The van der Waals surface area contributed by atoms with Gasteiger partial charge in [-0.3, -0.25) is 9.78 Å². The highest BCUT2D eigenvalue weighted by Gasteiger charge is 2.45. The molecule has 1 aromatic rings. The number of nitrogens with zero attached hydrogens (tertiary/aromatic N) is 2. The van der Waals surface area contributed by atoms with E-state index >= 15 is 0 Å². The van der Waals surface area contributed by atoms with Crippen LogP contribution in [0.3, 0.4) is 0 Å². The molecule has 132 valence electrons. The fourth-order valence-electron chi connectivity index (χ4n) is 2.92. The molecule has 0 saturated carbocycles. The van der Waals surface area contributed by atoms with Crippen LogP contribution in [0.25, 0.3) is 0 Å². The second-order valence-electron chi connectivity index (χ2n) is 7.01. The van der Waals surface area contributed by atoms with Crippen molar-refractivity contribution in [2.75, 3.05) is 19.7 Å². The van der Waals surface area contributed by atoms with E-state index in [0.717, 1.165) is 5.56 Å². The van der Waals surface area contributed by atoms with Gasteiger partial charge >= 0.3 is 12.1 Å². The number of carbonyl (C=O) groups excluding carboxylic acids is 2. The van der Waals surface area contributed by atoms with E-state index in [1.807, 2.05) is 32.9 Å². The van der Waals surface area contributed by atoms with Crippen LogP contribution in [0.15, 0.2) is 24.5 Å². The Balaban J connectivity index is 2.16. The number of hydrogen-bond acceptors (Lipinski definition) is 5. The molecule has 6 heteroatoms. The summed E-state index contributed by atoms with van der Waals surface area (Å²) in [5.41, 5.74) is -0.439. The number of likely N-dealkylation sites (tertiary alicyclic amines) is 1. The van der Waals surface area contributed by atoms with Gasteiger partial charge in [0.1, 0.15) is 5.60 Å². The maximum absolute atomic E-state index is 12.6. The molecule has 6 nitrogen and oxygen atoms in total. The third-order valence-electron chi connectivity index (χ3n) is 4.15. The van der Waals surface area contributed by atoms with Crippen LogP contribution in [0.2, 0.25) is 0 Å². The summed E-state index contributed by atoms with van der Waals surface area (Å²) in [7, 11) is 0. The van der Waals surface area contributed by atoms with Crippen LogP contribution in [0, 0.1) is 0 Å². The van der Waals surface area contributed by atoms with E-state index in [1.165, 1.54) is 0 Å². The summed E-state index contributed by atoms with van der Waals surface area (Å²) in [6.45, 7) is 8.54. The monoisotopic (exact) mass is 334 g/mol.